The summed E-state index contributed by atoms with van der Waals surface area (Å²) in [6.07, 6.45) is 2.80. The highest BCUT2D eigenvalue weighted by Crippen LogP contribution is 2.25. The molecular weight excluding hydrogens is 350 g/mol. The molecule has 8 heteroatoms. The van der Waals surface area contributed by atoms with Crippen molar-refractivity contribution < 1.29 is 0 Å². The molecule has 0 fully saturated rings. The van der Waals surface area contributed by atoms with Crippen LogP contribution in [0.1, 0.15) is 24.6 Å². The molecule has 5 nitrogen and oxygen atoms in total. The molecule has 0 amide bonds. The van der Waals surface area contributed by atoms with Crippen LogP contribution in [0, 0.1) is 0 Å². The molecule has 0 bridgehead atoms. The molecule has 1 rings (SSSR count). The minimum absolute atomic E-state index is 0. The van der Waals surface area contributed by atoms with E-state index in [2.05, 4.69) is 44.3 Å². The van der Waals surface area contributed by atoms with Crippen LogP contribution >= 0.6 is 39.7 Å². The molecule has 1 aromatic heterocycles. The monoisotopic (exact) mass is 367 g/mol. The van der Waals surface area contributed by atoms with Gasteiger partial charge in [-0.3, -0.25) is 0 Å². The normalized spacial score (nSPS) is 12.6. The first-order valence-corrected chi connectivity index (χ1v) is 7.35. The van der Waals surface area contributed by atoms with Crippen molar-refractivity contribution in [2.75, 3.05) is 0 Å². The van der Waals surface area contributed by atoms with Gasteiger partial charge in [0.25, 0.3) is 0 Å². The summed E-state index contributed by atoms with van der Waals surface area (Å²) in [6, 6.07) is 2.19. The fourth-order valence-corrected chi connectivity index (χ4v) is 3.08. The molecule has 0 aliphatic carbocycles. The average Bonchev–Trinajstić information content (AvgIpc) is 2.69. The van der Waals surface area contributed by atoms with Crippen LogP contribution in [0.25, 0.3) is 0 Å². The van der Waals surface area contributed by atoms with Gasteiger partial charge in [0.2, 0.25) is 5.96 Å². The highest BCUT2D eigenvalue weighted by molar-refractivity contribution is 9.10. The Balaban J connectivity index is 0.00000324. The van der Waals surface area contributed by atoms with Crippen LogP contribution in [-0.4, -0.2) is 18.0 Å². The van der Waals surface area contributed by atoms with Crippen molar-refractivity contribution in [3.05, 3.63) is 20.8 Å². The largest absolute Gasteiger partial charge is 0.370 e. The molecule has 1 unspecified atom stereocenters. The molecule has 0 aromatic carbocycles. The van der Waals surface area contributed by atoms with Gasteiger partial charge in [-0.05, 0) is 46.6 Å². The molecule has 0 aliphatic heterocycles. The highest BCUT2D eigenvalue weighted by Gasteiger charge is 2.08. The Morgan fingerprint density at radius 3 is 2.58 bits per heavy atom. The SMILES string of the molecule is CCC(CCc1sccc1Br)N=C(N)N=C(N)N.Cl. The Kier molecular flexibility index (Phi) is 8.79. The van der Waals surface area contributed by atoms with Crippen molar-refractivity contribution >= 4 is 51.6 Å². The minimum atomic E-state index is -0.0629. The lowest BCUT2D eigenvalue weighted by atomic mass is 10.1. The number of nitrogens with two attached hydrogens (primary N) is 3. The van der Waals surface area contributed by atoms with Gasteiger partial charge < -0.3 is 17.2 Å². The van der Waals surface area contributed by atoms with Gasteiger partial charge in [0, 0.05) is 9.35 Å². The van der Waals surface area contributed by atoms with Crippen LogP contribution in [0.5, 0.6) is 0 Å². The summed E-state index contributed by atoms with van der Waals surface area (Å²) in [5, 5.41) is 2.07. The number of thiophene rings is 1. The summed E-state index contributed by atoms with van der Waals surface area (Å²) in [6.45, 7) is 2.07. The first-order valence-electron chi connectivity index (χ1n) is 5.67. The zero-order valence-corrected chi connectivity index (χ0v) is 13.9. The number of halogens is 2. The maximum atomic E-state index is 5.63. The summed E-state index contributed by atoms with van der Waals surface area (Å²) in [5.41, 5.74) is 16.1. The molecule has 0 aliphatic rings. The van der Waals surface area contributed by atoms with Gasteiger partial charge in [0.05, 0.1) is 6.04 Å². The molecule has 19 heavy (non-hydrogen) atoms. The van der Waals surface area contributed by atoms with E-state index in [0.29, 0.717) is 0 Å². The molecule has 108 valence electrons. The zero-order chi connectivity index (χ0) is 13.5. The summed E-state index contributed by atoms with van der Waals surface area (Å²) in [5.74, 6) is 0.0826. The Morgan fingerprint density at radius 2 is 2.11 bits per heavy atom. The van der Waals surface area contributed by atoms with Gasteiger partial charge in [0.1, 0.15) is 0 Å². The second-order valence-electron chi connectivity index (χ2n) is 3.82. The summed E-state index contributed by atoms with van der Waals surface area (Å²) < 4.78 is 1.16. The molecule has 0 radical (unpaired) electrons. The van der Waals surface area contributed by atoms with Gasteiger partial charge in [-0.15, -0.1) is 23.7 Å². The Labute approximate surface area is 131 Å². The minimum Gasteiger partial charge on any atom is -0.370 e. The van der Waals surface area contributed by atoms with Crippen molar-refractivity contribution in [2.24, 2.45) is 27.2 Å². The van der Waals surface area contributed by atoms with E-state index < -0.39 is 0 Å². The molecule has 1 heterocycles. The number of nitrogens with zero attached hydrogens (tertiary/aromatic N) is 2. The first kappa shape index (κ1) is 18.2. The second-order valence-corrected chi connectivity index (χ2v) is 5.67. The van der Waals surface area contributed by atoms with Gasteiger partial charge >= 0.3 is 0 Å². The third-order valence-corrected chi connectivity index (χ3v) is 4.41. The summed E-state index contributed by atoms with van der Waals surface area (Å²) in [7, 11) is 0. The molecular formula is C11H19BrClN5S. The topological polar surface area (TPSA) is 103 Å². The van der Waals surface area contributed by atoms with Crippen LogP contribution in [-0.2, 0) is 6.42 Å². The van der Waals surface area contributed by atoms with E-state index in [9.17, 15) is 0 Å². The van der Waals surface area contributed by atoms with E-state index >= 15 is 0 Å². The summed E-state index contributed by atoms with van der Waals surface area (Å²) >= 11 is 5.25. The van der Waals surface area contributed by atoms with Crippen LogP contribution in [0.3, 0.4) is 0 Å². The quantitative estimate of drug-likeness (QED) is 0.548. The van der Waals surface area contributed by atoms with Gasteiger partial charge in [-0.25, -0.2) is 4.99 Å². The van der Waals surface area contributed by atoms with E-state index in [1.54, 1.807) is 11.3 Å². The van der Waals surface area contributed by atoms with Gasteiger partial charge in [-0.2, -0.15) is 4.99 Å². The molecule has 1 atom stereocenters. The number of hydrogen-bond acceptors (Lipinski definition) is 2. The first-order chi connectivity index (χ1) is 8.52. The third-order valence-electron chi connectivity index (χ3n) is 2.43. The van der Waals surface area contributed by atoms with Crippen LogP contribution in [0.15, 0.2) is 25.9 Å². The maximum Gasteiger partial charge on any atom is 0.218 e. The lowest BCUT2D eigenvalue weighted by molar-refractivity contribution is 0.599. The number of hydrogen-bond donors (Lipinski definition) is 3. The van der Waals surface area contributed by atoms with Crippen LogP contribution in [0.4, 0.5) is 0 Å². The average molecular weight is 369 g/mol. The van der Waals surface area contributed by atoms with E-state index in [4.69, 9.17) is 17.2 Å². The predicted octanol–water partition coefficient (Wildman–Crippen LogP) is 2.23. The van der Waals surface area contributed by atoms with E-state index in [0.717, 1.165) is 23.7 Å². The third kappa shape index (κ3) is 6.79. The van der Waals surface area contributed by atoms with Crippen molar-refractivity contribution in [3.63, 3.8) is 0 Å². The second kappa shape index (κ2) is 9.17. The number of aliphatic imine (C=N–C) groups is 2. The van der Waals surface area contributed by atoms with Crippen molar-refractivity contribution in [1.82, 2.24) is 0 Å². The number of aryl methyl sites for hydroxylation is 1. The number of rotatable bonds is 5. The molecule has 1 aromatic rings. The number of guanidine groups is 2. The molecule has 0 saturated heterocycles. The lowest BCUT2D eigenvalue weighted by Gasteiger charge is -2.09. The molecule has 0 saturated carbocycles. The van der Waals surface area contributed by atoms with Gasteiger partial charge in [-0.1, -0.05) is 6.92 Å². The Bertz CT molecular complexity index is 442. The van der Waals surface area contributed by atoms with E-state index in [-0.39, 0.29) is 30.4 Å². The molecule has 0 spiro atoms. The standard InChI is InChI=1S/C11H18BrN5S.ClH/c1-2-7(16-11(15)17-10(13)14)3-4-9-8(12)5-6-18-9;/h5-7H,2-4H2,1H3,(H6,13,14,15,16,17);1H. The lowest BCUT2D eigenvalue weighted by Crippen LogP contribution is -2.27. The molecule has 6 N–H and O–H groups in total. The van der Waals surface area contributed by atoms with Crippen molar-refractivity contribution in [2.45, 2.75) is 32.2 Å². The summed E-state index contributed by atoms with van der Waals surface area (Å²) in [4.78, 5) is 9.34. The van der Waals surface area contributed by atoms with E-state index in [1.807, 2.05) is 0 Å². The Hall–Kier alpha value is -0.790. The maximum absolute atomic E-state index is 5.63. The zero-order valence-electron chi connectivity index (χ0n) is 10.7. The van der Waals surface area contributed by atoms with Gasteiger partial charge in [0.15, 0.2) is 5.96 Å². The highest BCUT2D eigenvalue weighted by atomic mass is 79.9. The fourth-order valence-electron chi connectivity index (χ4n) is 1.51. The Morgan fingerprint density at radius 1 is 1.42 bits per heavy atom. The van der Waals surface area contributed by atoms with Crippen molar-refractivity contribution in [3.8, 4) is 0 Å². The van der Waals surface area contributed by atoms with Crippen LogP contribution < -0.4 is 17.2 Å². The smallest absolute Gasteiger partial charge is 0.218 e. The van der Waals surface area contributed by atoms with Crippen molar-refractivity contribution in [1.29, 1.82) is 0 Å². The predicted molar refractivity (Wildman–Crippen MR) is 89.1 cm³/mol. The van der Waals surface area contributed by atoms with Crippen LogP contribution in [0.2, 0.25) is 0 Å². The fraction of sp³-hybridized carbons (Fsp3) is 0.455. The van der Waals surface area contributed by atoms with E-state index in [1.165, 1.54) is 4.88 Å².